The lowest BCUT2D eigenvalue weighted by atomic mass is 10.1. The van der Waals surface area contributed by atoms with Crippen molar-refractivity contribution in [2.24, 2.45) is 0 Å². The molecule has 2 N–H and O–H groups in total. The predicted molar refractivity (Wildman–Crippen MR) is 98.7 cm³/mol. The molecule has 1 aliphatic rings. The number of amides is 1. The lowest BCUT2D eigenvalue weighted by Crippen LogP contribution is -2.17. The fourth-order valence-corrected chi connectivity index (χ4v) is 3.53. The molecule has 0 atom stereocenters. The number of rotatable bonds is 5. The Labute approximate surface area is 146 Å². The highest BCUT2D eigenvalue weighted by Crippen LogP contribution is 2.31. The van der Waals surface area contributed by atoms with Crippen molar-refractivity contribution in [3.05, 3.63) is 53.1 Å². The SMILES string of the molecule is CCCN1Cc2cccc(NC(=O)c3cc(SC)ccc3O)c2C1. The van der Waals surface area contributed by atoms with Gasteiger partial charge in [0.05, 0.1) is 5.56 Å². The van der Waals surface area contributed by atoms with Gasteiger partial charge in [-0.05, 0) is 54.6 Å². The number of nitrogens with zero attached hydrogens (tertiary/aromatic N) is 1. The number of carbonyl (C=O) groups is 1. The summed E-state index contributed by atoms with van der Waals surface area (Å²) >= 11 is 1.54. The summed E-state index contributed by atoms with van der Waals surface area (Å²) in [4.78, 5) is 15.9. The van der Waals surface area contributed by atoms with Gasteiger partial charge in [0, 0.05) is 23.7 Å². The first-order chi connectivity index (χ1) is 11.6. The molecule has 0 unspecified atom stereocenters. The van der Waals surface area contributed by atoms with E-state index >= 15 is 0 Å². The smallest absolute Gasteiger partial charge is 0.259 e. The van der Waals surface area contributed by atoms with Crippen LogP contribution >= 0.6 is 11.8 Å². The summed E-state index contributed by atoms with van der Waals surface area (Å²) in [6.45, 7) is 5.02. The number of phenols is 1. The fraction of sp³-hybridized carbons (Fsp3) is 0.316. The first-order valence-corrected chi connectivity index (χ1v) is 9.36. The Morgan fingerprint density at radius 1 is 1.29 bits per heavy atom. The Kier molecular flexibility index (Phi) is 5.11. The molecule has 0 aliphatic carbocycles. The van der Waals surface area contributed by atoms with Crippen LogP contribution in [0.3, 0.4) is 0 Å². The zero-order valence-corrected chi connectivity index (χ0v) is 14.8. The average Bonchev–Trinajstić information content (AvgIpc) is 2.99. The van der Waals surface area contributed by atoms with E-state index in [0.29, 0.717) is 5.56 Å². The largest absolute Gasteiger partial charge is 0.507 e. The number of nitrogens with one attached hydrogen (secondary N) is 1. The molecule has 3 rings (SSSR count). The Morgan fingerprint density at radius 3 is 2.88 bits per heavy atom. The van der Waals surface area contributed by atoms with Crippen molar-refractivity contribution in [2.75, 3.05) is 18.1 Å². The molecular weight excluding hydrogens is 320 g/mol. The maximum Gasteiger partial charge on any atom is 0.259 e. The predicted octanol–water partition coefficient (Wildman–Crippen LogP) is 4.09. The van der Waals surface area contributed by atoms with E-state index in [2.05, 4.69) is 23.2 Å². The molecule has 5 heteroatoms. The molecule has 0 saturated carbocycles. The molecule has 24 heavy (non-hydrogen) atoms. The molecule has 2 aromatic carbocycles. The van der Waals surface area contributed by atoms with Crippen LogP contribution in [0.2, 0.25) is 0 Å². The molecule has 2 aromatic rings. The second-order valence-electron chi connectivity index (χ2n) is 5.99. The summed E-state index contributed by atoms with van der Waals surface area (Å²) in [7, 11) is 0. The Morgan fingerprint density at radius 2 is 2.12 bits per heavy atom. The lowest BCUT2D eigenvalue weighted by molar-refractivity contribution is 0.102. The molecule has 1 heterocycles. The van der Waals surface area contributed by atoms with Crippen molar-refractivity contribution in [1.29, 1.82) is 0 Å². The third-order valence-electron chi connectivity index (χ3n) is 4.29. The van der Waals surface area contributed by atoms with Crippen molar-refractivity contribution in [3.63, 3.8) is 0 Å². The van der Waals surface area contributed by atoms with Gasteiger partial charge in [-0.25, -0.2) is 0 Å². The summed E-state index contributed by atoms with van der Waals surface area (Å²) in [6.07, 6.45) is 3.06. The van der Waals surface area contributed by atoms with Gasteiger partial charge in [0.25, 0.3) is 5.91 Å². The number of hydrogen-bond acceptors (Lipinski definition) is 4. The van der Waals surface area contributed by atoms with Crippen LogP contribution in [0.25, 0.3) is 0 Å². The Hall–Kier alpha value is -1.98. The topological polar surface area (TPSA) is 52.6 Å². The zero-order valence-electron chi connectivity index (χ0n) is 14.0. The highest BCUT2D eigenvalue weighted by Gasteiger charge is 2.22. The molecular formula is C19H22N2O2S. The number of anilines is 1. The summed E-state index contributed by atoms with van der Waals surface area (Å²) in [5, 5.41) is 13.0. The van der Waals surface area contributed by atoms with E-state index in [-0.39, 0.29) is 11.7 Å². The van der Waals surface area contributed by atoms with Crippen LogP contribution in [0.15, 0.2) is 41.3 Å². The van der Waals surface area contributed by atoms with Gasteiger partial charge in [-0.15, -0.1) is 11.8 Å². The van der Waals surface area contributed by atoms with Crippen LogP contribution in [-0.4, -0.2) is 28.7 Å². The standard InChI is InChI=1S/C19H22N2O2S/c1-3-9-21-11-13-5-4-6-17(16(13)12-21)20-19(23)15-10-14(24-2)7-8-18(15)22/h4-8,10,22H,3,9,11-12H2,1-2H3,(H,20,23). The van der Waals surface area contributed by atoms with Gasteiger partial charge in [0.15, 0.2) is 0 Å². The molecule has 4 nitrogen and oxygen atoms in total. The van der Waals surface area contributed by atoms with E-state index in [4.69, 9.17) is 0 Å². The maximum atomic E-state index is 12.6. The van der Waals surface area contributed by atoms with Gasteiger partial charge in [-0.1, -0.05) is 19.1 Å². The van der Waals surface area contributed by atoms with Crippen molar-refractivity contribution in [3.8, 4) is 5.75 Å². The Balaban J connectivity index is 1.83. The normalized spacial score (nSPS) is 13.8. The van der Waals surface area contributed by atoms with Crippen LogP contribution in [0, 0.1) is 0 Å². The third kappa shape index (κ3) is 3.42. The second-order valence-corrected chi connectivity index (χ2v) is 6.87. The molecule has 0 bridgehead atoms. The van der Waals surface area contributed by atoms with Gasteiger partial charge in [0.2, 0.25) is 0 Å². The summed E-state index contributed by atoms with van der Waals surface area (Å²) in [5.41, 5.74) is 3.59. The minimum atomic E-state index is -0.272. The minimum Gasteiger partial charge on any atom is -0.507 e. The van der Waals surface area contributed by atoms with Crippen molar-refractivity contribution < 1.29 is 9.90 Å². The molecule has 0 fully saturated rings. The molecule has 126 valence electrons. The number of benzene rings is 2. The highest BCUT2D eigenvalue weighted by atomic mass is 32.2. The van der Waals surface area contributed by atoms with Crippen molar-refractivity contribution in [2.45, 2.75) is 31.3 Å². The van der Waals surface area contributed by atoms with E-state index in [1.807, 2.05) is 18.4 Å². The van der Waals surface area contributed by atoms with E-state index in [1.165, 1.54) is 11.1 Å². The highest BCUT2D eigenvalue weighted by molar-refractivity contribution is 7.98. The van der Waals surface area contributed by atoms with E-state index in [1.54, 1.807) is 30.0 Å². The minimum absolute atomic E-state index is 0.00508. The second kappa shape index (κ2) is 7.28. The van der Waals surface area contributed by atoms with E-state index in [0.717, 1.165) is 36.6 Å². The van der Waals surface area contributed by atoms with Crippen LogP contribution in [0.4, 0.5) is 5.69 Å². The molecule has 0 aromatic heterocycles. The summed E-state index contributed by atoms with van der Waals surface area (Å²) in [6, 6.07) is 11.1. The number of thioether (sulfide) groups is 1. The van der Waals surface area contributed by atoms with Crippen LogP contribution in [0.1, 0.15) is 34.8 Å². The average molecular weight is 342 g/mol. The molecule has 0 saturated heterocycles. The molecule has 1 amide bonds. The Bertz CT molecular complexity index is 761. The molecule has 0 radical (unpaired) electrons. The van der Waals surface area contributed by atoms with Crippen LogP contribution in [-0.2, 0) is 13.1 Å². The summed E-state index contributed by atoms with van der Waals surface area (Å²) < 4.78 is 0. The number of phenolic OH excluding ortho intramolecular Hbond substituents is 1. The van der Waals surface area contributed by atoms with E-state index < -0.39 is 0 Å². The van der Waals surface area contributed by atoms with Crippen LogP contribution < -0.4 is 5.32 Å². The number of fused-ring (bicyclic) bond motifs is 1. The number of aromatic hydroxyl groups is 1. The number of hydrogen-bond donors (Lipinski definition) is 2. The summed E-state index contributed by atoms with van der Waals surface area (Å²) in [5.74, 6) is -0.267. The molecule has 1 aliphatic heterocycles. The first-order valence-electron chi connectivity index (χ1n) is 8.14. The number of carbonyl (C=O) groups excluding carboxylic acids is 1. The van der Waals surface area contributed by atoms with Crippen LogP contribution in [0.5, 0.6) is 5.75 Å². The van der Waals surface area contributed by atoms with Gasteiger partial charge in [0.1, 0.15) is 5.75 Å². The quantitative estimate of drug-likeness (QED) is 0.804. The third-order valence-corrected chi connectivity index (χ3v) is 5.01. The first kappa shape index (κ1) is 16.9. The maximum absolute atomic E-state index is 12.6. The van der Waals surface area contributed by atoms with Gasteiger partial charge in [-0.3, -0.25) is 9.69 Å². The van der Waals surface area contributed by atoms with E-state index in [9.17, 15) is 9.90 Å². The van der Waals surface area contributed by atoms with Gasteiger partial charge < -0.3 is 10.4 Å². The van der Waals surface area contributed by atoms with Gasteiger partial charge >= 0.3 is 0 Å². The van der Waals surface area contributed by atoms with Crippen molar-refractivity contribution >= 4 is 23.4 Å². The lowest BCUT2D eigenvalue weighted by Gasteiger charge is -2.13. The van der Waals surface area contributed by atoms with Crippen molar-refractivity contribution in [1.82, 2.24) is 4.90 Å². The monoisotopic (exact) mass is 342 g/mol. The zero-order chi connectivity index (χ0) is 17.1. The van der Waals surface area contributed by atoms with Gasteiger partial charge in [-0.2, -0.15) is 0 Å². The fourth-order valence-electron chi connectivity index (χ4n) is 3.10. The molecule has 0 spiro atoms.